The first-order valence-corrected chi connectivity index (χ1v) is 5.07. The summed E-state index contributed by atoms with van der Waals surface area (Å²) >= 11 is 7.22. The fraction of sp³-hybridized carbons (Fsp3) is 0.833. The van der Waals surface area contributed by atoms with Gasteiger partial charge in [0.1, 0.15) is 5.84 Å². The van der Waals surface area contributed by atoms with Gasteiger partial charge < -0.3 is 5.73 Å². The molecule has 2 nitrogen and oxygen atoms in total. The van der Waals surface area contributed by atoms with Crippen LogP contribution in [-0.2, 0) is 0 Å². The number of aliphatic imine (C=N–C) groups is 1. The standard InChI is InChI=1S/C6H13ClN2S/c1-10-4-2-3-9-6(8)5-7/h2-5H2,1H3,(H2,8,9). The van der Waals surface area contributed by atoms with Crippen LogP contribution in [0.1, 0.15) is 6.42 Å². The van der Waals surface area contributed by atoms with Crippen molar-refractivity contribution in [1.29, 1.82) is 0 Å². The zero-order valence-corrected chi connectivity index (χ0v) is 7.71. The number of halogens is 1. The van der Waals surface area contributed by atoms with E-state index in [0.29, 0.717) is 11.7 Å². The van der Waals surface area contributed by atoms with Crippen LogP contribution in [0, 0.1) is 0 Å². The summed E-state index contributed by atoms with van der Waals surface area (Å²) in [7, 11) is 0. The summed E-state index contributed by atoms with van der Waals surface area (Å²) in [6, 6.07) is 0. The van der Waals surface area contributed by atoms with Crippen LogP contribution in [0.15, 0.2) is 4.99 Å². The molecule has 10 heavy (non-hydrogen) atoms. The lowest BCUT2D eigenvalue weighted by Gasteiger charge is -1.94. The van der Waals surface area contributed by atoms with Crippen molar-refractivity contribution in [1.82, 2.24) is 0 Å². The summed E-state index contributed by atoms with van der Waals surface area (Å²) in [4.78, 5) is 4.03. The summed E-state index contributed by atoms with van der Waals surface area (Å²) in [5, 5.41) is 0. The van der Waals surface area contributed by atoms with Gasteiger partial charge >= 0.3 is 0 Å². The molecule has 0 fully saturated rings. The van der Waals surface area contributed by atoms with Crippen molar-refractivity contribution in [3.05, 3.63) is 0 Å². The van der Waals surface area contributed by atoms with Crippen LogP contribution in [-0.4, -0.2) is 30.3 Å². The lowest BCUT2D eigenvalue weighted by molar-refractivity contribution is 0.941. The van der Waals surface area contributed by atoms with E-state index in [1.165, 1.54) is 0 Å². The normalized spacial score (nSPS) is 12.0. The molecule has 0 aliphatic carbocycles. The van der Waals surface area contributed by atoms with Crippen molar-refractivity contribution in [3.63, 3.8) is 0 Å². The third-order valence-electron chi connectivity index (χ3n) is 0.958. The molecule has 0 rings (SSSR count). The van der Waals surface area contributed by atoms with Crippen LogP contribution in [0.3, 0.4) is 0 Å². The molecule has 0 aliphatic rings. The third kappa shape index (κ3) is 6.23. The van der Waals surface area contributed by atoms with Crippen molar-refractivity contribution in [3.8, 4) is 0 Å². The first-order chi connectivity index (χ1) is 4.81. The molecule has 0 saturated carbocycles. The number of nitrogens with two attached hydrogens (primary N) is 1. The number of alkyl halides is 1. The molecule has 4 heteroatoms. The molecule has 0 spiro atoms. The van der Waals surface area contributed by atoms with E-state index >= 15 is 0 Å². The predicted octanol–water partition coefficient (Wildman–Crippen LogP) is 1.34. The highest BCUT2D eigenvalue weighted by molar-refractivity contribution is 7.98. The van der Waals surface area contributed by atoms with Crippen LogP contribution in [0.4, 0.5) is 0 Å². The van der Waals surface area contributed by atoms with Gasteiger partial charge in [0.05, 0.1) is 5.88 Å². The Morgan fingerprint density at radius 3 is 2.90 bits per heavy atom. The van der Waals surface area contributed by atoms with Gasteiger partial charge in [-0.25, -0.2) is 0 Å². The maximum Gasteiger partial charge on any atom is 0.109 e. The van der Waals surface area contributed by atoms with E-state index in [2.05, 4.69) is 11.2 Å². The van der Waals surface area contributed by atoms with Gasteiger partial charge in [-0.05, 0) is 18.4 Å². The van der Waals surface area contributed by atoms with Gasteiger partial charge in [0.15, 0.2) is 0 Å². The number of hydrogen-bond donors (Lipinski definition) is 1. The van der Waals surface area contributed by atoms with Gasteiger partial charge in [-0.2, -0.15) is 11.8 Å². The first kappa shape index (κ1) is 10.1. The van der Waals surface area contributed by atoms with E-state index in [4.69, 9.17) is 17.3 Å². The highest BCUT2D eigenvalue weighted by Crippen LogP contribution is 1.94. The Labute approximate surface area is 71.2 Å². The number of amidine groups is 1. The Hall–Kier alpha value is 0.110. The molecule has 0 saturated heterocycles. The van der Waals surface area contributed by atoms with Gasteiger partial charge in [0, 0.05) is 6.54 Å². The molecular weight excluding hydrogens is 168 g/mol. The first-order valence-electron chi connectivity index (χ1n) is 3.15. The zero-order valence-electron chi connectivity index (χ0n) is 6.14. The van der Waals surface area contributed by atoms with E-state index in [1.807, 2.05) is 11.8 Å². The Kier molecular flexibility index (Phi) is 7.30. The third-order valence-corrected chi connectivity index (χ3v) is 1.93. The van der Waals surface area contributed by atoms with E-state index in [1.54, 1.807) is 0 Å². The van der Waals surface area contributed by atoms with Gasteiger partial charge in [0.25, 0.3) is 0 Å². The zero-order chi connectivity index (χ0) is 7.82. The molecule has 0 radical (unpaired) electrons. The molecule has 2 N–H and O–H groups in total. The molecule has 0 amide bonds. The minimum Gasteiger partial charge on any atom is -0.386 e. The number of nitrogens with zero attached hydrogens (tertiary/aromatic N) is 1. The van der Waals surface area contributed by atoms with E-state index < -0.39 is 0 Å². The fourth-order valence-electron chi connectivity index (χ4n) is 0.474. The Morgan fingerprint density at radius 2 is 2.40 bits per heavy atom. The Morgan fingerprint density at radius 1 is 1.70 bits per heavy atom. The fourth-order valence-corrected chi connectivity index (χ4v) is 0.976. The van der Waals surface area contributed by atoms with Crippen molar-refractivity contribution < 1.29 is 0 Å². The number of thioether (sulfide) groups is 1. The van der Waals surface area contributed by atoms with E-state index in [0.717, 1.165) is 18.7 Å². The van der Waals surface area contributed by atoms with Crippen LogP contribution < -0.4 is 5.73 Å². The average Bonchev–Trinajstić information content (AvgIpc) is 1.98. The minimum atomic E-state index is 0.346. The monoisotopic (exact) mass is 180 g/mol. The lowest BCUT2D eigenvalue weighted by atomic mass is 10.5. The molecule has 0 aliphatic heterocycles. The number of rotatable bonds is 5. The molecule has 0 atom stereocenters. The molecule has 0 aromatic rings. The lowest BCUT2D eigenvalue weighted by Crippen LogP contribution is -2.13. The van der Waals surface area contributed by atoms with Crippen molar-refractivity contribution >= 4 is 29.2 Å². The highest BCUT2D eigenvalue weighted by Gasteiger charge is 1.86. The largest absolute Gasteiger partial charge is 0.386 e. The summed E-state index contributed by atoms with van der Waals surface area (Å²) in [6.07, 6.45) is 3.16. The van der Waals surface area contributed by atoms with Crippen molar-refractivity contribution in [2.75, 3.05) is 24.4 Å². The predicted molar refractivity (Wildman–Crippen MR) is 50.2 cm³/mol. The molecule has 60 valence electrons. The number of hydrogen-bond acceptors (Lipinski definition) is 2. The van der Waals surface area contributed by atoms with Crippen molar-refractivity contribution in [2.45, 2.75) is 6.42 Å². The molecule has 0 bridgehead atoms. The summed E-state index contributed by atoms with van der Waals surface area (Å²) in [6.45, 7) is 0.805. The van der Waals surface area contributed by atoms with E-state index in [9.17, 15) is 0 Å². The van der Waals surface area contributed by atoms with Gasteiger partial charge in [-0.15, -0.1) is 11.6 Å². The quantitative estimate of drug-likeness (QED) is 0.300. The maximum atomic E-state index is 5.40. The summed E-state index contributed by atoms with van der Waals surface area (Å²) in [5.41, 5.74) is 5.37. The average molecular weight is 181 g/mol. The Bertz CT molecular complexity index is 106. The maximum absolute atomic E-state index is 5.40. The van der Waals surface area contributed by atoms with Crippen LogP contribution in [0.25, 0.3) is 0 Å². The van der Waals surface area contributed by atoms with Gasteiger partial charge in [0.2, 0.25) is 0 Å². The van der Waals surface area contributed by atoms with E-state index in [-0.39, 0.29) is 0 Å². The van der Waals surface area contributed by atoms with Gasteiger partial charge in [-0.3, -0.25) is 4.99 Å². The second kappa shape index (κ2) is 7.22. The second-order valence-corrected chi connectivity index (χ2v) is 3.11. The molecule has 0 aromatic heterocycles. The van der Waals surface area contributed by atoms with Gasteiger partial charge in [-0.1, -0.05) is 0 Å². The molecule has 0 aromatic carbocycles. The van der Waals surface area contributed by atoms with Crippen LogP contribution >= 0.6 is 23.4 Å². The van der Waals surface area contributed by atoms with Crippen LogP contribution in [0.5, 0.6) is 0 Å². The Balaban J connectivity index is 3.16. The van der Waals surface area contributed by atoms with Crippen LogP contribution in [0.2, 0.25) is 0 Å². The summed E-state index contributed by atoms with van der Waals surface area (Å²) in [5.74, 6) is 2.03. The smallest absolute Gasteiger partial charge is 0.109 e. The highest BCUT2D eigenvalue weighted by atomic mass is 35.5. The molecular formula is C6H13ClN2S. The SMILES string of the molecule is CSCCCN=C(N)CCl. The van der Waals surface area contributed by atoms with Crippen molar-refractivity contribution in [2.24, 2.45) is 10.7 Å². The molecule has 0 unspecified atom stereocenters. The second-order valence-electron chi connectivity index (χ2n) is 1.85. The minimum absolute atomic E-state index is 0.346. The molecule has 0 heterocycles. The summed E-state index contributed by atoms with van der Waals surface area (Å²) < 4.78 is 0. The topological polar surface area (TPSA) is 38.4 Å².